The molecule has 4 rings (SSSR count). The Morgan fingerprint density at radius 3 is 2.90 bits per heavy atom. The lowest BCUT2D eigenvalue weighted by molar-refractivity contribution is -0.119. The highest BCUT2D eigenvalue weighted by Gasteiger charge is 2.22. The van der Waals surface area contributed by atoms with E-state index in [4.69, 9.17) is 18.6 Å². The summed E-state index contributed by atoms with van der Waals surface area (Å²) < 4.78 is 22.8. The number of oxazole rings is 1. The van der Waals surface area contributed by atoms with E-state index in [1.54, 1.807) is 6.20 Å². The van der Waals surface area contributed by atoms with Crippen LogP contribution in [0.3, 0.4) is 0 Å². The topological polar surface area (TPSA) is 95.7 Å². The van der Waals surface area contributed by atoms with Gasteiger partial charge in [0.1, 0.15) is 29.2 Å². The number of nitrogens with zero attached hydrogens (tertiary/aromatic N) is 2. The van der Waals surface area contributed by atoms with E-state index in [9.17, 15) is 4.79 Å². The number of hydrogen-bond donors (Lipinski definition) is 1. The number of rotatable bonds is 10. The molecule has 1 fully saturated rings. The van der Waals surface area contributed by atoms with Crippen LogP contribution in [0, 0.1) is 5.92 Å². The fourth-order valence-corrected chi connectivity index (χ4v) is 3.39. The Morgan fingerprint density at radius 1 is 1.27 bits per heavy atom. The van der Waals surface area contributed by atoms with Crippen LogP contribution in [0.15, 0.2) is 41.1 Å². The highest BCUT2D eigenvalue weighted by molar-refractivity contribution is 7.16. The van der Waals surface area contributed by atoms with Crippen molar-refractivity contribution in [2.75, 3.05) is 13.2 Å². The van der Waals surface area contributed by atoms with Crippen LogP contribution in [0.4, 0.5) is 0 Å². The molecule has 1 saturated carbocycles. The molecule has 30 heavy (non-hydrogen) atoms. The molecule has 1 N–H and O–H groups in total. The fraction of sp³-hybridized carbons (Fsp3) is 0.381. The van der Waals surface area contributed by atoms with Crippen molar-refractivity contribution in [2.24, 2.45) is 5.92 Å². The quantitative estimate of drug-likeness (QED) is 0.514. The van der Waals surface area contributed by atoms with Crippen molar-refractivity contribution in [3.05, 3.63) is 36.7 Å². The molecule has 0 spiro atoms. The second-order valence-electron chi connectivity index (χ2n) is 7.22. The number of carbonyl (C=O) groups excluding carboxylic acids is 1. The average molecular weight is 429 g/mol. The minimum atomic E-state index is -0.136. The van der Waals surface area contributed by atoms with Crippen LogP contribution in [0.1, 0.15) is 26.7 Å². The summed E-state index contributed by atoms with van der Waals surface area (Å²) in [7, 11) is 0. The lowest BCUT2D eigenvalue weighted by Crippen LogP contribution is -2.35. The van der Waals surface area contributed by atoms with Crippen LogP contribution < -0.4 is 19.5 Å². The van der Waals surface area contributed by atoms with E-state index in [-0.39, 0.29) is 24.5 Å². The lowest BCUT2D eigenvalue weighted by atomic mass is 10.3. The molecule has 1 unspecified atom stereocenters. The Bertz CT molecular complexity index is 998. The van der Waals surface area contributed by atoms with Crippen molar-refractivity contribution in [3.8, 4) is 33.4 Å². The maximum atomic E-state index is 11.0. The number of amides is 1. The molecule has 1 aromatic carbocycles. The first-order valence-electron chi connectivity index (χ1n) is 9.78. The molecule has 3 aromatic rings. The van der Waals surface area contributed by atoms with Crippen LogP contribution >= 0.6 is 11.3 Å². The molecule has 1 aliphatic carbocycles. The second-order valence-corrected chi connectivity index (χ2v) is 8.21. The molecule has 0 radical (unpaired) electrons. The van der Waals surface area contributed by atoms with E-state index >= 15 is 0 Å². The van der Waals surface area contributed by atoms with Crippen molar-refractivity contribution in [3.63, 3.8) is 0 Å². The molecule has 2 heterocycles. The van der Waals surface area contributed by atoms with Crippen molar-refractivity contribution in [1.82, 2.24) is 15.3 Å². The minimum Gasteiger partial charge on any atom is -0.493 e. The molecule has 1 aliphatic rings. The summed E-state index contributed by atoms with van der Waals surface area (Å²) in [5, 5.41) is 3.22. The predicted octanol–water partition coefficient (Wildman–Crippen LogP) is 4.28. The number of nitrogens with one attached hydrogen (secondary N) is 1. The number of ether oxygens (including phenoxy) is 3. The Balaban J connectivity index is 1.33. The van der Waals surface area contributed by atoms with Gasteiger partial charge >= 0.3 is 5.95 Å². The van der Waals surface area contributed by atoms with Gasteiger partial charge in [0.2, 0.25) is 11.8 Å². The third-order valence-corrected chi connectivity index (χ3v) is 5.16. The molecule has 9 heteroatoms. The van der Waals surface area contributed by atoms with Gasteiger partial charge in [-0.2, -0.15) is 0 Å². The second kappa shape index (κ2) is 9.17. The summed E-state index contributed by atoms with van der Waals surface area (Å²) in [6.45, 7) is 4.34. The summed E-state index contributed by atoms with van der Waals surface area (Å²) in [6.07, 6.45) is 5.64. The summed E-state index contributed by atoms with van der Waals surface area (Å²) in [6, 6.07) is 7.40. The normalized spacial score (nSPS) is 14.2. The molecule has 0 saturated heterocycles. The van der Waals surface area contributed by atoms with E-state index in [0.717, 1.165) is 17.2 Å². The van der Waals surface area contributed by atoms with E-state index in [0.29, 0.717) is 22.8 Å². The Morgan fingerprint density at radius 2 is 2.10 bits per heavy atom. The number of carbonyl (C=O) groups is 1. The first kappa shape index (κ1) is 20.2. The molecular formula is C21H23N3O5S. The van der Waals surface area contributed by atoms with Crippen LogP contribution in [0.2, 0.25) is 0 Å². The Hall–Kier alpha value is -3.07. The number of benzene rings is 1. The standard InChI is InChI=1S/C21H23N3O5S/c1-13(24-14(2)25)11-27-19-10-22-20(29-19)18-9-23-21(30-18)28-17-5-3-4-16(8-17)26-12-15-6-7-15/h3-5,8-10,13,15H,6-7,11-12H2,1-2H3,(H,24,25). The third kappa shape index (κ3) is 5.73. The highest BCUT2D eigenvalue weighted by Crippen LogP contribution is 2.35. The van der Waals surface area contributed by atoms with E-state index in [1.165, 1.54) is 37.3 Å². The van der Waals surface area contributed by atoms with Crippen LogP contribution in [0.25, 0.3) is 10.8 Å². The largest absolute Gasteiger partial charge is 0.493 e. The van der Waals surface area contributed by atoms with Crippen molar-refractivity contribution >= 4 is 17.2 Å². The zero-order chi connectivity index (χ0) is 20.9. The van der Waals surface area contributed by atoms with Gasteiger partial charge in [-0.15, -0.1) is 0 Å². The van der Waals surface area contributed by atoms with Gasteiger partial charge in [0.05, 0.1) is 18.8 Å². The summed E-state index contributed by atoms with van der Waals surface area (Å²) in [4.78, 5) is 20.3. The number of aromatic nitrogens is 2. The van der Waals surface area contributed by atoms with Crippen molar-refractivity contribution in [2.45, 2.75) is 32.7 Å². The average Bonchev–Trinajstić information content (AvgIpc) is 3.22. The van der Waals surface area contributed by atoms with E-state index in [2.05, 4.69) is 15.3 Å². The first-order valence-corrected chi connectivity index (χ1v) is 10.6. The maximum Gasteiger partial charge on any atom is 0.305 e. The lowest BCUT2D eigenvalue weighted by Gasteiger charge is -2.11. The van der Waals surface area contributed by atoms with Gasteiger partial charge in [0.15, 0.2) is 0 Å². The van der Waals surface area contributed by atoms with Gasteiger partial charge in [0, 0.05) is 13.0 Å². The SMILES string of the molecule is CC(=O)NC(C)COc1cnc(-c2cnc(Oc3cccc(OCC4CC4)c3)s2)o1. The van der Waals surface area contributed by atoms with Crippen LogP contribution in [-0.4, -0.2) is 35.1 Å². The number of thiazole rings is 1. The van der Waals surface area contributed by atoms with Crippen LogP contribution in [-0.2, 0) is 4.79 Å². The van der Waals surface area contributed by atoms with Crippen LogP contribution in [0.5, 0.6) is 22.6 Å². The Labute approximate surface area is 178 Å². The molecule has 0 aliphatic heterocycles. The molecular weight excluding hydrogens is 406 g/mol. The van der Waals surface area contributed by atoms with Gasteiger partial charge < -0.3 is 23.9 Å². The third-order valence-electron chi connectivity index (χ3n) is 4.30. The van der Waals surface area contributed by atoms with Gasteiger partial charge in [0.25, 0.3) is 5.19 Å². The first-order chi connectivity index (χ1) is 14.5. The fourth-order valence-electron chi connectivity index (χ4n) is 2.67. The smallest absolute Gasteiger partial charge is 0.305 e. The summed E-state index contributed by atoms with van der Waals surface area (Å²) in [5.41, 5.74) is 0. The zero-order valence-corrected chi connectivity index (χ0v) is 17.6. The zero-order valence-electron chi connectivity index (χ0n) is 16.8. The van der Waals surface area contributed by atoms with Gasteiger partial charge in [-0.1, -0.05) is 17.4 Å². The number of hydrogen-bond acceptors (Lipinski definition) is 8. The summed E-state index contributed by atoms with van der Waals surface area (Å²) >= 11 is 1.32. The van der Waals surface area contributed by atoms with Gasteiger partial charge in [-0.3, -0.25) is 4.79 Å². The predicted molar refractivity (Wildman–Crippen MR) is 111 cm³/mol. The molecule has 0 bridgehead atoms. The van der Waals surface area contributed by atoms with Gasteiger partial charge in [-0.05, 0) is 37.8 Å². The Kier molecular flexibility index (Phi) is 6.18. The van der Waals surface area contributed by atoms with Gasteiger partial charge in [-0.25, -0.2) is 9.97 Å². The van der Waals surface area contributed by atoms with E-state index < -0.39 is 0 Å². The molecule has 2 aromatic heterocycles. The highest BCUT2D eigenvalue weighted by atomic mass is 32.1. The van der Waals surface area contributed by atoms with Crippen molar-refractivity contribution < 1.29 is 23.4 Å². The molecule has 158 valence electrons. The molecule has 8 nitrogen and oxygen atoms in total. The van der Waals surface area contributed by atoms with Crippen molar-refractivity contribution in [1.29, 1.82) is 0 Å². The van der Waals surface area contributed by atoms with E-state index in [1.807, 2.05) is 31.2 Å². The summed E-state index contributed by atoms with van der Waals surface area (Å²) in [5.74, 6) is 2.71. The minimum absolute atomic E-state index is 0.110. The molecule has 1 amide bonds. The monoisotopic (exact) mass is 429 g/mol. The molecule has 1 atom stereocenters. The maximum absolute atomic E-state index is 11.0.